The van der Waals surface area contributed by atoms with Crippen molar-refractivity contribution >= 4 is 12.0 Å². The Kier molecular flexibility index (Phi) is 6.09. The number of amides is 2. The molecule has 1 unspecified atom stereocenters. The van der Waals surface area contributed by atoms with E-state index in [0.29, 0.717) is 5.75 Å². The summed E-state index contributed by atoms with van der Waals surface area (Å²) >= 11 is 0. The summed E-state index contributed by atoms with van der Waals surface area (Å²) in [4.78, 5) is 22.5. The number of methoxy groups -OCH3 is 1. The van der Waals surface area contributed by atoms with E-state index in [2.05, 4.69) is 17.2 Å². The van der Waals surface area contributed by atoms with Crippen molar-refractivity contribution in [3.63, 3.8) is 0 Å². The first kappa shape index (κ1) is 15.6. The molecule has 0 radical (unpaired) electrons. The fraction of sp³-hybridized carbons (Fsp3) is 0.286. The molecule has 108 valence electrons. The fourth-order valence-electron chi connectivity index (χ4n) is 1.56. The largest absolute Gasteiger partial charge is 0.497 e. The molecule has 1 rings (SSSR count). The number of benzene rings is 1. The van der Waals surface area contributed by atoms with E-state index in [-0.39, 0.29) is 13.0 Å². The summed E-state index contributed by atoms with van der Waals surface area (Å²) in [7, 11) is 1.56. The Labute approximate surface area is 117 Å². The number of nitrogens with one attached hydrogen (secondary N) is 2. The van der Waals surface area contributed by atoms with Gasteiger partial charge in [-0.15, -0.1) is 6.58 Å². The van der Waals surface area contributed by atoms with Gasteiger partial charge in [0, 0.05) is 6.54 Å². The molecule has 1 aromatic rings. The second-order valence-electron chi connectivity index (χ2n) is 4.09. The second kappa shape index (κ2) is 7.83. The summed E-state index contributed by atoms with van der Waals surface area (Å²) in [6, 6.07) is 5.72. The second-order valence-corrected chi connectivity index (χ2v) is 4.09. The highest BCUT2D eigenvalue weighted by atomic mass is 16.5. The molecule has 20 heavy (non-hydrogen) atoms. The lowest BCUT2D eigenvalue weighted by atomic mass is 10.2. The molecule has 0 aliphatic carbocycles. The van der Waals surface area contributed by atoms with E-state index in [1.54, 1.807) is 19.2 Å². The molecule has 0 bridgehead atoms. The van der Waals surface area contributed by atoms with Crippen LogP contribution in [0.5, 0.6) is 5.75 Å². The van der Waals surface area contributed by atoms with Crippen molar-refractivity contribution in [2.45, 2.75) is 19.0 Å². The predicted octanol–water partition coefficient (Wildman–Crippen LogP) is 1.52. The first-order chi connectivity index (χ1) is 9.56. The fourth-order valence-corrected chi connectivity index (χ4v) is 1.56. The van der Waals surface area contributed by atoms with E-state index in [4.69, 9.17) is 9.84 Å². The summed E-state index contributed by atoms with van der Waals surface area (Å²) in [5.41, 5.74) is 0.857. The van der Waals surface area contributed by atoms with Crippen LogP contribution in [0, 0.1) is 0 Å². The molecular formula is C14H18N2O4. The lowest BCUT2D eigenvalue weighted by Gasteiger charge is -2.13. The van der Waals surface area contributed by atoms with Gasteiger partial charge in [-0.3, -0.25) is 0 Å². The molecule has 0 aliphatic heterocycles. The maximum Gasteiger partial charge on any atom is 0.326 e. The van der Waals surface area contributed by atoms with E-state index in [0.717, 1.165) is 5.56 Å². The minimum Gasteiger partial charge on any atom is -0.497 e. The Morgan fingerprint density at radius 3 is 2.85 bits per heavy atom. The number of hydrogen-bond acceptors (Lipinski definition) is 3. The lowest BCUT2D eigenvalue weighted by molar-refractivity contribution is -0.139. The van der Waals surface area contributed by atoms with Gasteiger partial charge in [-0.2, -0.15) is 0 Å². The van der Waals surface area contributed by atoms with Crippen molar-refractivity contribution in [1.82, 2.24) is 10.6 Å². The van der Waals surface area contributed by atoms with Crippen LogP contribution in [0.25, 0.3) is 0 Å². The number of ether oxygens (including phenoxy) is 1. The number of carboxylic acid groups (broad SMARTS) is 1. The third-order valence-electron chi connectivity index (χ3n) is 2.59. The molecule has 2 amide bonds. The molecule has 0 saturated heterocycles. The molecule has 0 aliphatic rings. The maximum absolute atomic E-state index is 11.6. The topological polar surface area (TPSA) is 87.7 Å². The predicted molar refractivity (Wildman–Crippen MR) is 74.6 cm³/mol. The summed E-state index contributed by atoms with van der Waals surface area (Å²) in [6.07, 6.45) is 1.61. The molecule has 0 fully saturated rings. The van der Waals surface area contributed by atoms with Crippen LogP contribution in [0.4, 0.5) is 4.79 Å². The van der Waals surface area contributed by atoms with Crippen molar-refractivity contribution in [3.8, 4) is 5.75 Å². The van der Waals surface area contributed by atoms with Crippen LogP contribution in [0.2, 0.25) is 0 Å². The minimum absolute atomic E-state index is 0.169. The van der Waals surface area contributed by atoms with Crippen LogP contribution in [-0.2, 0) is 11.3 Å². The monoisotopic (exact) mass is 278 g/mol. The molecule has 0 aromatic heterocycles. The standard InChI is InChI=1S/C14H18N2O4/c1-3-5-12(13(17)18)16-14(19)15-9-10-6-4-7-11(8-10)20-2/h3-4,6-8,12H,1,5,9H2,2H3,(H,17,18)(H2,15,16,19). The molecule has 0 spiro atoms. The van der Waals surface area contributed by atoms with Gasteiger partial charge < -0.3 is 20.5 Å². The van der Waals surface area contributed by atoms with Crippen LogP contribution in [0.15, 0.2) is 36.9 Å². The van der Waals surface area contributed by atoms with Crippen molar-refractivity contribution in [1.29, 1.82) is 0 Å². The van der Waals surface area contributed by atoms with Gasteiger partial charge in [0.25, 0.3) is 0 Å². The van der Waals surface area contributed by atoms with Gasteiger partial charge in [-0.25, -0.2) is 9.59 Å². The van der Waals surface area contributed by atoms with Gasteiger partial charge in [0.15, 0.2) is 0 Å². The highest BCUT2D eigenvalue weighted by Crippen LogP contribution is 2.12. The number of carboxylic acids is 1. The van der Waals surface area contributed by atoms with Crippen LogP contribution in [0.1, 0.15) is 12.0 Å². The molecule has 0 heterocycles. The summed E-state index contributed by atoms with van der Waals surface area (Å²) in [5.74, 6) is -0.402. The summed E-state index contributed by atoms with van der Waals surface area (Å²) < 4.78 is 5.07. The van der Waals surface area contributed by atoms with Crippen LogP contribution >= 0.6 is 0 Å². The molecule has 0 saturated carbocycles. The molecule has 6 nitrogen and oxygen atoms in total. The van der Waals surface area contributed by atoms with E-state index >= 15 is 0 Å². The van der Waals surface area contributed by atoms with Gasteiger partial charge in [0.2, 0.25) is 0 Å². The van der Waals surface area contributed by atoms with E-state index in [9.17, 15) is 9.59 Å². The van der Waals surface area contributed by atoms with Gasteiger partial charge in [-0.05, 0) is 24.1 Å². The number of hydrogen-bond donors (Lipinski definition) is 3. The number of carbonyl (C=O) groups is 2. The normalized spacial score (nSPS) is 11.2. The molecular weight excluding hydrogens is 260 g/mol. The first-order valence-corrected chi connectivity index (χ1v) is 6.07. The Morgan fingerprint density at radius 2 is 2.25 bits per heavy atom. The van der Waals surface area contributed by atoms with Crippen LogP contribution < -0.4 is 15.4 Å². The smallest absolute Gasteiger partial charge is 0.326 e. The van der Waals surface area contributed by atoms with Crippen molar-refractivity contribution < 1.29 is 19.4 Å². The maximum atomic E-state index is 11.6. The van der Waals surface area contributed by atoms with Gasteiger partial charge in [0.05, 0.1) is 7.11 Å². The SMILES string of the molecule is C=CCC(NC(=O)NCc1cccc(OC)c1)C(=O)O. The highest BCUT2D eigenvalue weighted by molar-refractivity contribution is 5.82. The van der Waals surface area contributed by atoms with E-state index < -0.39 is 18.0 Å². The van der Waals surface area contributed by atoms with E-state index in [1.807, 2.05) is 12.1 Å². The van der Waals surface area contributed by atoms with Gasteiger partial charge in [0.1, 0.15) is 11.8 Å². The molecule has 1 atom stereocenters. The van der Waals surface area contributed by atoms with Crippen LogP contribution in [-0.4, -0.2) is 30.3 Å². The van der Waals surface area contributed by atoms with E-state index in [1.165, 1.54) is 6.08 Å². The Morgan fingerprint density at radius 1 is 1.50 bits per heavy atom. The number of carbonyl (C=O) groups excluding carboxylic acids is 1. The van der Waals surface area contributed by atoms with Crippen LogP contribution in [0.3, 0.4) is 0 Å². The first-order valence-electron chi connectivity index (χ1n) is 6.07. The molecule has 6 heteroatoms. The quantitative estimate of drug-likeness (QED) is 0.660. The lowest BCUT2D eigenvalue weighted by Crippen LogP contribution is -2.45. The average Bonchev–Trinajstić information content (AvgIpc) is 2.44. The third-order valence-corrected chi connectivity index (χ3v) is 2.59. The zero-order valence-corrected chi connectivity index (χ0v) is 11.3. The Bertz CT molecular complexity index is 488. The van der Waals surface area contributed by atoms with Gasteiger partial charge >= 0.3 is 12.0 Å². The number of rotatable bonds is 7. The summed E-state index contributed by atoms with van der Waals surface area (Å²) in [6.45, 7) is 3.74. The Hall–Kier alpha value is -2.50. The Balaban J connectivity index is 2.49. The number of urea groups is 1. The summed E-state index contributed by atoms with van der Waals surface area (Å²) in [5, 5.41) is 13.9. The van der Waals surface area contributed by atoms with Gasteiger partial charge in [-0.1, -0.05) is 18.2 Å². The third kappa shape index (κ3) is 5.01. The molecule has 1 aromatic carbocycles. The number of aliphatic carboxylic acids is 1. The zero-order chi connectivity index (χ0) is 15.0. The molecule has 3 N–H and O–H groups in total. The van der Waals surface area contributed by atoms with Crippen molar-refractivity contribution in [2.75, 3.05) is 7.11 Å². The zero-order valence-electron chi connectivity index (χ0n) is 11.3. The van der Waals surface area contributed by atoms with Crippen molar-refractivity contribution in [2.24, 2.45) is 0 Å². The average molecular weight is 278 g/mol. The van der Waals surface area contributed by atoms with Crippen molar-refractivity contribution in [3.05, 3.63) is 42.5 Å². The minimum atomic E-state index is -1.10. The highest BCUT2D eigenvalue weighted by Gasteiger charge is 2.17.